The fourth-order valence-electron chi connectivity index (χ4n) is 1.54. The molecule has 0 atom stereocenters. The van der Waals surface area contributed by atoms with Crippen molar-refractivity contribution in [3.63, 3.8) is 0 Å². The molecule has 1 radical (unpaired) electrons. The molecule has 1 aromatic heterocycles. The summed E-state index contributed by atoms with van der Waals surface area (Å²) in [5.41, 5.74) is 7.21. The highest BCUT2D eigenvalue weighted by Crippen LogP contribution is 2.12. The third-order valence-electron chi connectivity index (χ3n) is 2.52. The number of benzene rings is 1. The standard InChI is InChI=1S/C16H15N4O2/c1-16(2,22)9-8-12-10-18-14(17)13(19-12)15(21)20-11-6-4-3-5-7-11/h3-7,10,17,22H,1-2H3,(H,20,21). The van der Waals surface area contributed by atoms with Gasteiger partial charge >= 0.3 is 0 Å². The topological polar surface area (TPSA) is 98.9 Å². The van der Waals surface area contributed by atoms with Gasteiger partial charge in [0.15, 0.2) is 11.5 Å². The van der Waals surface area contributed by atoms with Gasteiger partial charge in [0, 0.05) is 5.69 Å². The maximum atomic E-state index is 12.2. The summed E-state index contributed by atoms with van der Waals surface area (Å²) in [6, 6.07) is 8.86. The summed E-state index contributed by atoms with van der Waals surface area (Å²) in [4.78, 5) is 20.0. The van der Waals surface area contributed by atoms with E-state index in [0.717, 1.165) is 0 Å². The lowest BCUT2D eigenvalue weighted by molar-refractivity contribution is 0.102. The maximum absolute atomic E-state index is 12.2. The molecule has 6 nitrogen and oxygen atoms in total. The number of hydrogen-bond donors (Lipinski definition) is 2. The van der Waals surface area contributed by atoms with Crippen LogP contribution in [0, 0.1) is 11.8 Å². The molecule has 0 aliphatic carbocycles. The van der Waals surface area contributed by atoms with Crippen LogP contribution in [-0.2, 0) is 0 Å². The zero-order valence-electron chi connectivity index (χ0n) is 12.2. The summed E-state index contributed by atoms with van der Waals surface area (Å²) in [5, 5.41) is 12.2. The first-order chi connectivity index (χ1) is 10.3. The number of aliphatic hydroxyl groups is 1. The molecule has 1 amide bonds. The van der Waals surface area contributed by atoms with Crippen LogP contribution in [0.15, 0.2) is 36.5 Å². The van der Waals surface area contributed by atoms with E-state index < -0.39 is 11.5 Å². The fourth-order valence-corrected chi connectivity index (χ4v) is 1.54. The van der Waals surface area contributed by atoms with Crippen molar-refractivity contribution >= 4 is 17.4 Å². The van der Waals surface area contributed by atoms with Gasteiger partial charge in [-0.15, -0.1) is 0 Å². The molecule has 2 aromatic rings. The summed E-state index contributed by atoms with van der Waals surface area (Å²) in [6.07, 6.45) is 1.29. The second-order valence-electron chi connectivity index (χ2n) is 5.08. The predicted molar refractivity (Wildman–Crippen MR) is 82.4 cm³/mol. The lowest BCUT2D eigenvalue weighted by atomic mass is 10.1. The molecule has 111 valence electrons. The molecule has 0 fully saturated rings. The molecule has 0 unspecified atom stereocenters. The Bertz CT molecular complexity index is 740. The number of aromatic nitrogens is 2. The van der Waals surface area contributed by atoms with Crippen molar-refractivity contribution < 1.29 is 9.90 Å². The number of rotatable bonds is 2. The molecule has 1 heterocycles. The average Bonchev–Trinajstić information content (AvgIpc) is 2.46. The van der Waals surface area contributed by atoms with E-state index in [0.29, 0.717) is 5.69 Å². The lowest BCUT2D eigenvalue weighted by Gasteiger charge is -2.07. The smallest absolute Gasteiger partial charge is 0.278 e. The van der Waals surface area contributed by atoms with Crippen LogP contribution in [0.5, 0.6) is 0 Å². The molecule has 0 spiro atoms. The SMILES string of the molecule is CC(C)(O)C#Cc1cnc([NH])c(C(=O)Nc2ccccc2)n1. The van der Waals surface area contributed by atoms with Gasteiger partial charge in [-0.2, -0.15) is 0 Å². The van der Waals surface area contributed by atoms with Crippen molar-refractivity contribution in [1.29, 1.82) is 0 Å². The quantitative estimate of drug-likeness (QED) is 0.825. The van der Waals surface area contributed by atoms with Crippen molar-refractivity contribution in [2.75, 3.05) is 5.32 Å². The first-order valence-electron chi connectivity index (χ1n) is 6.56. The molecule has 6 heteroatoms. The number of nitrogens with zero attached hydrogens (tertiary/aromatic N) is 2. The Labute approximate surface area is 128 Å². The van der Waals surface area contributed by atoms with Crippen molar-refractivity contribution in [2.24, 2.45) is 0 Å². The zero-order chi connectivity index (χ0) is 16.2. The van der Waals surface area contributed by atoms with Crippen LogP contribution in [0.3, 0.4) is 0 Å². The Morgan fingerprint density at radius 2 is 2.00 bits per heavy atom. The van der Waals surface area contributed by atoms with Gasteiger partial charge < -0.3 is 10.4 Å². The monoisotopic (exact) mass is 295 g/mol. The largest absolute Gasteiger partial charge is 0.378 e. The molecule has 0 saturated carbocycles. The normalized spacial score (nSPS) is 10.5. The van der Waals surface area contributed by atoms with Crippen LogP contribution in [0.25, 0.3) is 0 Å². The van der Waals surface area contributed by atoms with Gasteiger partial charge in [0.2, 0.25) is 0 Å². The Hall–Kier alpha value is -2.91. The van der Waals surface area contributed by atoms with E-state index in [1.807, 2.05) is 6.07 Å². The molecule has 0 aliphatic heterocycles. The van der Waals surface area contributed by atoms with E-state index in [9.17, 15) is 9.90 Å². The Morgan fingerprint density at radius 1 is 1.32 bits per heavy atom. The predicted octanol–water partition coefficient (Wildman–Crippen LogP) is 1.77. The van der Waals surface area contributed by atoms with Crippen molar-refractivity contribution in [3.05, 3.63) is 47.9 Å². The van der Waals surface area contributed by atoms with E-state index >= 15 is 0 Å². The van der Waals surface area contributed by atoms with Gasteiger partial charge in [0.25, 0.3) is 5.91 Å². The maximum Gasteiger partial charge on any atom is 0.278 e. The number of nitrogens with one attached hydrogen (secondary N) is 2. The molecule has 3 N–H and O–H groups in total. The van der Waals surface area contributed by atoms with Crippen LogP contribution in [0.4, 0.5) is 11.5 Å². The molecular formula is C16H15N4O2. The van der Waals surface area contributed by atoms with Crippen LogP contribution in [0.2, 0.25) is 0 Å². The summed E-state index contributed by atoms with van der Waals surface area (Å²) < 4.78 is 0. The molecule has 0 bridgehead atoms. The number of hydrogen-bond acceptors (Lipinski definition) is 4. The summed E-state index contributed by atoms with van der Waals surface area (Å²) >= 11 is 0. The van der Waals surface area contributed by atoms with E-state index in [-0.39, 0.29) is 17.2 Å². The Morgan fingerprint density at radius 3 is 2.64 bits per heavy atom. The van der Waals surface area contributed by atoms with E-state index in [1.54, 1.807) is 24.3 Å². The van der Waals surface area contributed by atoms with Gasteiger partial charge in [-0.3, -0.25) is 10.5 Å². The van der Waals surface area contributed by atoms with Crippen molar-refractivity contribution in [3.8, 4) is 11.8 Å². The lowest BCUT2D eigenvalue weighted by Crippen LogP contribution is -2.16. The first-order valence-corrected chi connectivity index (χ1v) is 6.56. The minimum absolute atomic E-state index is 0.119. The number of para-hydroxylation sites is 1. The van der Waals surface area contributed by atoms with Crippen molar-refractivity contribution in [2.45, 2.75) is 19.4 Å². The number of carbonyl (C=O) groups is 1. The molecule has 0 aliphatic rings. The van der Waals surface area contributed by atoms with E-state index in [1.165, 1.54) is 20.0 Å². The Kier molecular flexibility index (Phi) is 4.39. The van der Waals surface area contributed by atoms with Crippen LogP contribution in [0.1, 0.15) is 30.0 Å². The molecule has 22 heavy (non-hydrogen) atoms. The number of anilines is 1. The third kappa shape index (κ3) is 4.30. The molecule has 2 rings (SSSR count). The van der Waals surface area contributed by atoms with Gasteiger partial charge in [0.1, 0.15) is 11.3 Å². The van der Waals surface area contributed by atoms with Gasteiger partial charge in [-0.05, 0) is 31.9 Å². The zero-order valence-corrected chi connectivity index (χ0v) is 12.2. The molecule has 1 aromatic carbocycles. The minimum Gasteiger partial charge on any atom is -0.378 e. The highest BCUT2D eigenvalue weighted by Gasteiger charge is 2.14. The summed E-state index contributed by atoms with van der Waals surface area (Å²) in [5.74, 6) is 4.45. The van der Waals surface area contributed by atoms with Gasteiger partial charge in [0.05, 0.1) is 6.20 Å². The van der Waals surface area contributed by atoms with Crippen LogP contribution < -0.4 is 11.1 Å². The van der Waals surface area contributed by atoms with E-state index in [4.69, 9.17) is 5.73 Å². The second kappa shape index (κ2) is 6.24. The van der Waals surface area contributed by atoms with Gasteiger partial charge in [-0.25, -0.2) is 9.97 Å². The van der Waals surface area contributed by atoms with Crippen LogP contribution in [-0.4, -0.2) is 26.6 Å². The number of carbonyl (C=O) groups excluding carboxylic acids is 1. The van der Waals surface area contributed by atoms with Crippen molar-refractivity contribution in [1.82, 2.24) is 15.7 Å². The van der Waals surface area contributed by atoms with Crippen LogP contribution >= 0.6 is 0 Å². The third-order valence-corrected chi connectivity index (χ3v) is 2.52. The summed E-state index contributed by atoms with van der Waals surface area (Å²) in [6.45, 7) is 3.07. The average molecular weight is 295 g/mol. The second-order valence-corrected chi connectivity index (χ2v) is 5.08. The minimum atomic E-state index is -1.17. The highest BCUT2D eigenvalue weighted by molar-refractivity contribution is 6.05. The highest BCUT2D eigenvalue weighted by atomic mass is 16.3. The fraction of sp³-hybridized carbons (Fsp3) is 0.188. The first kappa shape index (κ1) is 15.5. The van der Waals surface area contributed by atoms with Gasteiger partial charge in [-0.1, -0.05) is 24.1 Å². The molecule has 0 saturated heterocycles. The Balaban J connectivity index is 2.26. The van der Waals surface area contributed by atoms with E-state index in [2.05, 4.69) is 27.1 Å². The number of amides is 1. The summed E-state index contributed by atoms with van der Waals surface area (Å²) in [7, 11) is 0. The molecular weight excluding hydrogens is 280 g/mol.